The summed E-state index contributed by atoms with van der Waals surface area (Å²) in [6.45, 7) is 11.2. The third-order valence-electron chi connectivity index (χ3n) is 4.46. The van der Waals surface area contributed by atoms with Crippen molar-refractivity contribution in [3.8, 4) is 11.4 Å². The molecular weight excluding hydrogens is 362 g/mol. The average Bonchev–Trinajstić information content (AvgIpc) is 3.08. The zero-order valence-corrected chi connectivity index (χ0v) is 17.6. The monoisotopic (exact) mass is 389 g/mol. The fourth-order valence-corrected chi connectivity index (χ4v) is 3.65. The molecule has 2 aromatic carbocycles. The van der Waals surface area contributed by atoms with Crippen molar-refractivity contribution in [2.75, 3.05) is 5.75 Å². The number of thioether (sulfide) groups is 1. The van der Waals surface area contributed by atoms with Gasteiger partial charge in [0.05, 0.1) is 0 Å². The summed E-state index contributed by atoms with van der Waals surface area (Å²) in [5, 5.41) is 9.78. The van der Waals surface area contributed by atoms with E-state index in [4.69, 9.17) is 0 Å². The lowest BCUT2D eigenvalue weighted by Crippen LogP contribution is -2.10. The van der Waals surface area contributed by atoms with Crippen molar-refractivity contribution in [2.45, 2.75) is 37.9 Å². The van der Waals surface area contributed by atoms with Gasteiger partial charge in [-0.25, -0.2) is 0 Å². The number of rotatable bonds is 7. The fraction of sp³-hybridized carbons (Fsp3) is 0.250. The minimum absolute atomic E-state index is 0.138. The highest BCUT2D eigenvalue weighted by Gasteiger charge is 2.16. The average molecular weight is 390 g/mol. The van der Waals surface area contributed by atoms with Gasteiger partial charge in [-0.15, -0.1) is 16.8 Å². The second-order valence-electron chi connectivity index (χ2n) is 7.66. The van der Waals surface area contributed by atoms with E-state index in [2.05, 4.69) is 90.7 Å². The molecular formula is C24H27N3S. The Labute approximate surface area is 172 Å². The van der Waals surface area contributed by atoms with Crippen molar-refractivity contribution in [1.29, 1.82) is 0 Å². The van der Waals surface area contributed by atoms with Crippen LogP contribution in [-0.4, -0.2) is 20.5 Å². The number of allylic oxidation sites excluding steroid dienone is 1. The number of aromatic nitrogens is 3. The standard InChI is InChI=1S/C24H27N3S/c1-5-17-27-22(20-13-15-21(16-14-20)24(2,3)4)25-26-23(27)28-18-9-12-19-10-7-6-8-11-19/h5-16H,1,17-18H2,2-4H3. The fourth-order valence-electron chi connectivity index (χ4n) is 2.89. The van der Waals surface area contributed by atoms with Crippen LogP contribution in [0.5, 0.6) is 0 Å². The molecule has 3 aromatic rings. The minimum Gasteiger partial charge on any atom is -0.298 e. The second kappa shape index (κ2) is 9.07. The van der Waals surface area contributed by atoms with Crippen LogP contribution < -0.4 is 0 Å². The summed E-state index contributed by atoms with van der Waals surface area (Å²) in [7, 11) is 0. The van der Waals surface area contributed by atoms with Crippen LogP contribution in [0.3, 0.4) is 0 Å². The predicted molar refractivity (Wildman–Crippen MR) is 121 cm³/mol. The normalized spacial score (nSPS) is 11.8. The summed E-state index contributed by atoms with van der Waals surface area (Å²) in [5.74, 6) is 1.72. The highest BCUT2D eigenvalue weighted by molar-refractivity contribution is 7.99. The third-order valence-corrected chi connectivity index (χ3v) is 5.38. The van der Waals surface area contributed by atoms with Gasteiger partial charge in [0, 0.05) is 17.9 Å². The van der Waals surface area contributed by atoms with E-state index in [1.807, 2.05) is 24.3 Å². The van der Waals surface area contributed by atoms with Gasteiger partial charge in [-0.1, -0.05) is 105 Å². The van der Waals surface area contributed by atoms with E-state index in [1.165, 1.54) is 11.1 Å². The van der Waals surface area contributed by atoms with Gasteiger partial charge in [0.2, 0.25) is 0 Å². The van der Waals surface area contributed by atoms with Crippen LogP contribution >= 0.6 is 11.8 Å². The van der Waals surface area contributed by atoms with Gasteiger partial charge >= 0.3 is 0 Å². The Bertz CT molecular complexity index is 932. The molecule has 0 aliphatic rings. The van der Waals surface area contributed by atoms with E-state index in [9.17, 15) is 0 Å². The molecule has 0 atom stereocenters. The van der Waals surface area contributed by atoms with Crippen LogP contribution in [0.2, 0.25) is 0 Å². The first-order valence-corrected chi connectivity index (χ1v) is 10.5. The first kappa shape index (κ1) is 20.2. The number of hydrogen-bond acceptors (Lipinski definition) is 3. The molecule has 0 unspecified atom stereocenters. The lowest BCUT2D eigenvalue weighted by Gasteiger charge is -2.19. The summed E-state index contributed by atoms with van der Waals surface area (Å²) in [5.41, 5.74) is 3.73. The topological polar surface area (TPSA) is 30.7 Å². The van der Waals surface area contributed by atoms with Crippen molar-refractivity contribution in [3.05, 3.63) is 84.5 Å². The summed E-state index contributed by atoms with van der Waals surface area (Å²) < 4.78 is 2.13. The van der Waals surface area contributed by atoms with E-state index in [0.29, 0.717) is 6.54 Å². The largest absolute Gasteiger partial charge is 0.298 e. The molecule has 0 amide bonds. The highest BCUT2D eigenvalue weighted by Crippen LogP contribution is 2.27. The number of benzene rings is 2. The van der Waals surface area contributed by atoms with Crippen LogP contribution in [0.25, 0.3) is 17.5 Å². The van der Waals surface area contributed by atoms with Crippen LogP contribution in [0.4, 0.5) is 0 Å². The summed E-state index contributed by atoms with van der Waals surface area (Å²) in [6, 6.07) is 18.9. The highest BCUT2D eigenvalue weighted by atomic mass is 32.2. The zero-order chi connectivity index (χ0) is 20.0. The molecule has 0 N–H and O–H groups in total. The Morgan fingerprint density at radius 1 is 1.00 bits per heavy atom. The lowest BCUT2D eigenvalue weighted by atomic mass is 9.87. The summed E-state index contributed by atoms with van der Waals surface area (Å²) in [4.78, 5) is 0. The van der Waals surface area contributed by atoms with Gasteiger partial charge in [0.25, 0.3) is 0 Å². The van der Waals surface area contributed by atoms with E-state index < -0.39 is 0 Å². The smallest absolute Gasteiger partial charge is 0.192 e. The quantitative estimate of drug-likeness (QED) is 0.354. The third kappa shape index (κ3) is 5.02. The van der Waals surface area contributed by atoms with Crippen LogP contribution in [0.15, 0.2) is 78.5 Å². The van der Waals surface area contributed by atoms with Crippen molar-refractivity contribution >= 4 is 17.8 Å². The van der Waals surface area contributed by atoms with Gasteiger partial charge in [-0.3, -0.25) is 4.57 Å². The van der Waals surface area contributed by atoms with Crippen molar-refractivity contribution in [3.63, 3.8) is 0 Å². The van der Waals surface area contributed by atoms with E-state index in [1.54, 1.807) is 11.8 Å². The van der Waals surface area contributed by atoms with Crippen molar-refractivity contribution < 1.29 is 0 Å². The number of hydrogen-bond donors (Lipinski definition) is 0. The first-order valence-electron chi connectivity index (χ1n) is 9.48. The molecule has 0 saturated heterocycles. The summed E-state index contributed by atoms with van der Waals surface area (Å²) >= 11 is 1.68. The van der Waals surface area contributed by atoms with Gasteiger partial charge in [0.15, 0.2) is 11.0 Å². The first-order chi connectivity index (χ1) is 13.5. The van der Waals surface area contributed by atoms with Crippen LogP contribution in [0.1, 0.15) is 31.9 Å². The van der Waals surface area contributed by atoms with Gasteiger partial charge in [-0.05, 0) is 16.5 Å². The Balaban J connectivity index is 1.76. The van der Waals surface area contributed by atoms with Crippen molar-refractivity contribution in [1.82, 2.24) is 14.8 Å². The van der Waals surface area contributed by atoms with Crippen molar-refractivity contribution in [2.24, 2.45) is 0 Å². The molecule has 0 aliphatic carbocycles. The Morgan fingerprint density at radius 3 is 2.36 bits per heavy atom. The maximum Gasteiger partial charge on any atom is 0.192 e. The number of nitrogens with zero attached hydrogens (tertiary/aromatic N) is 3. The molecule has 3 rings (SSSR count). The molecule has 0 aliphatic heterocycles. The Morgan fingerprint density at radius 2 is 1.71 bits per heavy atom. The van der Waals surface area contributed by atoms with E-state index >= 15 is 0 Å². The maximum atomic E-state index is 4.45. The molecule has 4 heteroatoms. The van der Waals surface area contributed by atoms with E-state index in [-0.39, 0.29) is 5.41 Å². The van der Waals surface area contributed by atoms with Crippen LogP contribution in [0, 0.1) is 0 Å². The molecule has 0 radical (unpaired) electrons. The molecule has 0 saturated carbocycles. The molecule has 0 bridgehead atoms. The van der Waals surface area contributed by atoms with Gasteiger partial charge < -0.3 is 0 Å². The Hall–Kier alpha value is -2.59. The Kier molecular flexibility index (Phi) is 6.53. The predicted octanol–water partition coefficient (Wildman–Crippen LogP) is 6.23. The molecule has 28 heavy (non-hydrogen) atoms. The van der Waals surface area contributed by atoms with Gasteiger partial charge in [0.1, 0.15) is 0 Å². The van der Waals surface area contributed by atoms with E-state index in [0.717, 1.165) is 22.3 Å². The van der Waals surface area contributed by atoms with Gasteiger partial charge in [-0.2, -0.15) is 0 Å². The zero-order valence-electron chi connectivity index (χ0n) is 16.8. The molecule has 0 fully saturated rings. The molecule has 1 aromatic heterocycles. The second-order valence-corrected chi connectivity index (χ2v) is 8.64. The molecule has 1 heterocycles. The van der Waals surface area contributed by atoms with Crippen LogP contribution in [-0.2, 0) is 12.0 Å². The summed E-state index contributed by atoms with van der Waals surface area (Å²) in [6.07, 6.45) is 6.18. The molecule has 3 nitrogen and oxygen atoms in total. The lowest BCUT2D eigenvalue weighted by molar-refractivity contribution is 0.590. The molecule has 144 valence electrons. The molecule has 0 spiro atoms. The minimum atomic E-state index is 0.138. The maximum absolute atomic E-state index is 4.45. The SMILES string of the molecule is C=CCn1c(SCC=Cc2ccccc2)nnc1-c1ccc(C(C)(C)C)cc1.